The second-order valence-corrected chi connectivity index (χ2v) is 6.22. The number of nitrogens with two attached hydrogens (primary N) is 1. The molecule has 0 unspecified atom stereocenters. The standard InChI is InChI=1S/C13H17BrN4/c1-2-3-13(4-5-13)8-18-11-10(17-12(18)15)6-9(14)7-16-11/h6-7H,2-5,8H2,1H3,(H2,15,17). The van der Waals surface area contributed by atoms with Crippen LogP contribution in [0.1, 0.15) is 32.6 Å². The third-order valence-electron chi connectivity index (χ3n) is 3.81. The number of rotatable bonds is 4. The predicted octanol–water partition coefficient (Wildman–Crippen LogP) is 3.36. The number of pyridine rings is 1. The van der Waals surface area contributed by atoms with Gasteiger partial charge in [0.2, 0.25) is 5.95 Å². The summed E-state index contributed by atoms with van der Waals surface area (Å²) >= 11 is 3.41. The van der Waals surface area contributed by atoms with Crippen LogP contribution in [0, 0.1) is 5.41 Å². The van der Waals surface area contributed by atoms with Gasteiger partial charge in [-0.25, -0.2) is 9.97 Å². The Morgan fingerprint density at radius 3 is 2.94 bits per heavy atom. The fourth-order valence-corrected chi connectivity index (χ4v) is 3.01. The Morgan fingerprint density at radius 1 is 1.50 bits per heavy atom. The molecule has 1 saturated carbocycles. The van der Waals surface area contributed by atoms with Gasteiger partial charge in [-0.05, 0) is 46.7 Å². The summed E-state index contributed by atoms with van der Waals surface area (Å²) < 4.78 is 3.01. The normalized spacial score (nSPS) is 17.2. The van der Waals surface area contributed by atoms with Crippen LogP contribution in [-0.2, 0) is 6.54 Å². The maximum absolute atomic E-state index is 6.03. The van der Waals surface area contributed by atoms with E-state index in [2.05, 4.69) is 37.4 Å². The predicted molar refractivity (Wildman–Crippen MR) is 76.2 cm³/mol. The SMILES string of the molecule is CCCC1(Cn2c(N)nc3cc(Br)cnc32)CC1. The van der Waals surface area contributed by atoms with Crippen molar-refractivity contribution in [3.8, 4) is 0 Å². The van der Waals surface area contributed by atoms with Crippen LogP contribution in [0.25, 0.3) is 11.2 Å². The Labute approximate surface area is 115 Å². The maximum atomic E-state index is 6.03. The van der Waals surface area contributed by atoms with Crippen molar-refractivity contribution in [2.75, 3.05) is 5.73 Å². The van der Waals surface area contributed by atoms with Crippen molar-refractivity contribution in [1.82, 2.24) is 14.5 Å². The van der Waals surface area contributed by atoms with Gasteiger partial charge in [0.25, 0.3) is 0 Å². The first-order valence-corrected chi connectivity index (χ1v) is 7.20. The van der Waals surface area contributed by atoms with Crippen LogP contribution in [0.2, 0.25) is 0 Å². The molecule has 1 aliphatic carbocycles. The van der Waals surface area contributed by atoms with E-state index in [4.69, 9.17) is 5.73 Å². The molecule has 0 spiro atoms. The molecule has 1 fully saturated rings. The number of imidazole rings is 1. The molecule has 2 aromatic heterocycles. The molecule has 18 heavy (non-hydrogen) atoms. The molecule has 0 atom stereocenters. The zero-order valence-corrected chi connectivity index (χ0v) is 12.1. The number of nitrogens with zero attached hydrogens (tertiary/aromatic N) is 3. The largest absolute Gasteiger partial charge is 0.369 e. The Balaban J connectivity index is 1.99. The molecule has 0 aromatic carbocycles. The van der Waals surface area contributed by atoms with Gasteiger partial charge in [-0.1, -0.05) is 13.3 Å². The maximum Gasteiger partial charge on any atom is 0.202 e. The summed E-state index contributed by atoms with van der Waals surface area (Å²) in [5.74, 6) is 0.581. The van der Waals surface area contributed by atoms with E-state index in [-0.39, 0.29) is 0 Å². The lowest BCUT2D eigenvalue weighted by atomic mass is 10.0. The van der Waals surface area contributed by atoms with E-state index < -0.39 is 0 Å². The summed E-state index contributed by atoms with van der Waals surface area (Å²) in [6.07, 6.45) is 6.90. The minimum atomic E-state index is 0.450. The van der Waals surface area contributed by atoms with Crippen LogP contribution < -0.4 is 5.73 Å². The van der Waals surface area contributed by atoms with E-state index in [0.717, 1.165) is 22.2 Å². The third-order valence-corrected chi connectivity index (χ3v) is 4.25. The number of hydrogen-bond acceptors (Lipinski definition) is 3. The average Bonchev–Trinajstić information content (AvgIpc) is 3.00. The van der Waals surface area contributed by atoms with Gasteiger partial charge in [0, 0.05) is 17.2 Å². The average molecular weight is 309 g/mol. The highest BCUT2D eigenvalue weighted by atomic mass is 79.9. The van der Waals surface area contributed by atoms with E-state index in [9.17, 15) is 0 Å². The van der Waals surface area contributed by atoms with Crippen molar-refractivity contribution in [2.24, 2.45) is 5.41 Å². The van der Waals surface area contributed by atoms with Gasteiger partial charge >= 0.3 is 0 Å². The Kier molecular flexibility index (Phi) is 2.81. The van der Waals surface area contributed by atoms with E-state index in [0.29, 0.717) is 11.4 Å². The molecule has 3 rings (SSSR count). The molecule has 4 nitrogen and oxygen atoms in total. The van der Waals surface area contributed by atoms with E-state index in [1.807, 2.05) is 6.07 Å². The summed E-state index contributed by atoms with van der Waals surface area (Å²) in [6, 6.07) is 1.97. The van der Waals surface area contributed by atoms with E-state index in [1.54, 1.807) is 6.20 Å². The van der Waals surface area contributed by atoms with Gasteiger partial charge in [-0.15, -0.1) is 0 Å². The van der Waals surface area contributed by atoms with Crippen molar-refractivity contribution >= 4 is 33.0 Å². The van der Waals surface area contributed by atoms with Crippen molar-refractivity contribution in [1.29, 1.82) is 0 Å². The highest BCUT2D eigenvalue weighted by Crippen LogP contribution is 2.51. The molecule has 1 aliphatic rings. The Bertz CT molecular complexity index is 586. The van der Waals surface area contributed by atoms with Gasteiger partial charge in [0.15, 0.2) is 5.65 Å². The molecule has 2 N–H and O–H groups in total. The quantitative estimate of drug-likeness (QED) is 0.942. The molecule has 96 valence electrons. The highest BCUT2D eigenvalue weighted by molar-refractivity contribution is 9.10. The summed E-state index contributed by atoms with van der Waals surface area (Å²) in [5.41, 5.74) is 8.25. The van der Waals surface area contributed by atoms with Crippen LogP contribution in [0.3, 0.4) is 0 Å². The van der Waals surface area contributed by atoms with Crippen LogP contribution in [0.5, 0.6) is 0 Å². The Hall–Kier alpha value is -1.10. The smallest absolute Gasteiger partial charge is 0.202 e. The summed E-state index contributed by atoms with van der Waals surface area (Å²) in [4.78, 5) is 8.84. The van der Waals surface area contributed by atoms with Crippen molar-refractivity contribution < 1.29 is 0 Å². The van der Waals surface area contributed by atoms with Crippen molar-refractivity contribution in [3.63, 3.8) is 0 Å². The first-order chi connectivity index (χ1) is 8.63. The molecule has 0 amide bonds. The van der Waals surface area contributed by atoms with Crippen LogP contribution >= 0.6 is 15.9 Å². The molecule has 5 heteroatoms. The fraction of sp³-hybridized carbons (Fsp3) is 0.538. The summed E-state index contributed by atoms with van der Waals surface area (Å²) in [6.45, 7) is 3.20. The molecular formula is C13H17BrN4. The van der Waals surface area contributed by atoms with Crippen LogP contribution in [-0.4, -0.2) is 14.5 Å². The minimum absolute atomic E-state index is 0.450. The van der Waals surface area contributed by atoms with Crippen LogP contribution in [0.4, 0.5) is 5.95 Å². The number of aromatic nitrogens is 3. The van der Waals surface area contributed by atoms with Gasteiger partial charge in [0.1, 0.15) is 5.52 Å². The monoisotopic (exact) mass is 308 g/mol. The molecule has 2 aromatic rings. The molecule has 0 aliphatic heterocycles. The second kappa shape index (κ2) is 4.23. The number of hydrogen-bond donors (Lipinski definition) is 1. The van der Waals surface area contributed by atoms with Gasteiger partial charge in [-0.3, -0.25) is 4.57 Å². The number of anilines is 1. The van der Waals surface area contributed by atoms with E-state index in [1.165, 1.54) is 25.7 Å². The molecule has 0 bridgehead atoms. The van der Waals surface area contributed by atoms with Crippen molar-refractivity contribution in [3.05, 3.63) is 16.7 Å². The lowest BCUT2D eigenvalue weighted by Crippen LogP contribution is -2.14. The summed E-state index contributed by atoms with van der Waals surface area (Å²) in [7, 11) is 0. The second-order valence-electron chi connectivity index (χ2n) is 5.30. The zero-order valence-electron chi connectivity index (χ0n) is 10.5. The molecule has 0 radical (unpaired) electrons. The first-order valence-electron chi connectivity index (χ1n) is 6.41. The van der Waals surface area contributed by atoms with Gasteiger partial charge < -0.3 is 5.73 Å². The Morgan fingerprint density at radius 2 is 2.28 bits per heavy atom. The van der Waals surface area contributed by atoms with Gasteiger partial charge in [-0.2, -0.15) is 0 Å². The fourth-order valence-electron chi connectivity index (χ4n) is 2.69. The molecule has 0 saturated heterocycles. The lowest BCUT2D eigenvalue weighted by molar-refractivity contribution is 0.395. The molecule has 2 heterocycles. The van der Waals surface area contributed by atoms with Crippen LogP contribution in [0.15, 0.2) is 16.7 Å². The zero-order chi connectivity index (χ0) is 12.8. The number of fused-ring (bicyclic) bond motifs is 1. The first kappa shape index (κ1) is 12.0. The number of nitrogen functional groups attached to an aromatic ring is 1. The third kappa shape index (κ3) is 2.00. The number of halogens is 1. The van der Waals surface area contributed by atoms with Gasteiger partial charge in [0.05, 0.1) is 0 Å². The topological polar surface area (TPSA) is 56.7 Å². The van der Waals surface area contributed by atoms with Crippen molar-refractivity contribution in [2.45, 2.75) is 39.2 Å². The lowest BCUT2D eigenvalue weighted by Gasteiger charge is -2.15. The highest BCUT2D eigenvalue weighted by Gasteiger charge is 2.42. The minimum Gasteiger partial charge on any atom is -0.369 e. The molecular weight excluding hydrogens is 292 g/mol. The summed E-state index contributed by atoms with van der Waals surface area (Å²) in [5, 5.41) is 0. The van der Waals surface area contributed by atoms with E-state index >= 15 is 0 Å².